The third-order valence-corrected chi connectivity index (χ3v) is 4.12. The lowest BCUT2D eigenvalue weighted by molar-refractivity contribution is 0.0614. The minimum Gasteiger partial charge on any atom is -0.481 e. The second kappa shape index (κ2) is 3.67. The molecule has 1 aromatic rings. The first kappa shape index (κ1) is 10.7. The average molecular weight is 252 g/mol. The first-order valence-corrected chi connectivity index (χ1v) is 6.50. The van der Waals surface area contributed by atoms with Gasteiger partial charge in [-0.3, -0.25) is 9.59 Å². The van der Waals surface area contributed by atoms with Crippen LogP contribution in [-0.2, 0) is 4.74 Å². The smallest absolute Gasteiger partial charge is 0.228 e. The van der Waals surface area contributed by atoms with Gasteiger partial charge in [-0.15, -0.1) is 0 Å². The molecule has 0 N–H and O–H groups in total. The third kappa shape index (κ3) is 1.38. The summed E-state index contributed by atoms with van der Waals surface area (Å²) in [4.78, 5) is 24.9. The summed E-state index contributed by atoms with van der Waals surface area (Å²) in [6, 6.07) is 6.98. The maximum absolute atomic E-state index is 12.5. The Balaban J connectivity index is 1.85. The van der Waals surface area contributed by atoms with Crippen molar-refractivity contribution in [1.29, 1.82) is 0 Å². The van der Waals surface area contributed by atoms with Gasteiger partial charge < -0.3 is 4.74 Å². The molecule has 0 spiro atoms. The van der Waals surface area contributed by atoms with Crippen LogP contribution >= 0.6 is 0 Å². The fourth-order valence-corrected chi connectivity index (χ4v) is 3.13. The second-order valence-corrected chi connectivity index (χ2v) is 5.22. The molecule has 3 nitrogen and oxygen atoms in total. The highest BCUT2D eigenvalue weighted by Crippen LogP contribution is 2.40. The lowest BCUT2D eigenvalue weighted by atomic mass is 9.81. The summed E-state index contributed by atoms with van der Waals surface area (Å²) < 4.78 is 5.78. The number of benzene rings is 1. The standard InChI is InChI=1S/C16H12O3/c17-14-10-5-1-2-6-11(10)15(18)16-12(14)8-9-4-3-7-13(9)19-16/h1-3,5-7,9,13H,4,8H2/t9-,13-/m1/s1. The number of hydrogen-bond acceptors (Lipinski definition) is 3. The van der Waals surface area contributed by atoms with Gasteiger partial charge in [0, 0.05) is 22.6 Å². The molecule has 0 fully saturated rings. The third-order valence-electron chi connectivity index (χ3n) is 4.12. The topological polar surface area (TPSA) is 43.4 Å². The Morgan fingerprint density at radius 1 is 1.05 bits per heavy atom. The number of ketones is 2. The number of hydrogen-bond donors (Lipinski definition) is 0. The van der Waals surface area contributed by atoms with E-state index in [0.717, 1.165) is 6.42 Å². The number of carbonyl (C=O) groups excluding carboxylic acids is 2. The highest BCUT2D eigenvalue weighted by Gasteiger charge is 2.41. The van der Waals surface area contributed by atoms with E-state index in [1.54, 1.807) is 24.3 Å². The van der Waals surface area contributed by atoms with E-state index in [9.17, 15) is 9.59 Å². The second-order valence-electron chi connectivity index (χ2n) is 5.22. The average Bonchev–Trinajstić information content (AvgIpc) is 2.90. The molecule has 3 heteroatoms. The van der Waals surface area contributed by atoms with E-state index in [4.69, 9.17) is 4.74 Å². The van der Waals surface area contributed by atoms with E-state index in [2.05, 4.69) is 6.08 Å². The van der Waals surface area contributed by atoms with Crippen molar-refractivity contribution in [2.45, 2.75) is 18.9 Å². The van der Waals surface area contributed by atoms with Crippen LogP contribution in [0.15, 0.2) is 47.7 Å². The maximum atomic E-state index is 12.5. The summed E-state index contributed by atoms with van der Waals surface area (Å²) in [5, 5.41) is 0. The molecule has 0 aromatic heterocycles. The van der Waals surface area contributed by atoms with Crippen molar-refractivity contribution in [1.82, 2.24) is 0 Å². The Bertz CT molecular complexity index is 666. The Hall–Kier alpha value is -2.16. The Kier molecular flexibility index (Phi) is 2.07. The van der Waals surface area contributed by atoms with Crippen molar-refractivity contribution in [2.24, 2.45) is 5.92 Å². The molecule has 0 saturated heterocycles. The molecule has 2 atom stereocenters. The highest BCUT2D eigenvalue weighted by atomic mass is 16.5. The largest absolute Gasteiger partial charge is 0.481 e. The Morgan fingerprint density at radius 3 is 2.58 bits per heavy atom. The van der Waals surface area contributed by atoms with Crippen LogP contribution in [0.3, 0.4) is 0 Å². The molecule has 94 valence electrons. The van der Waals surface area contributed by atoms with Gasteiger partial charge in [0.15, 0.2) is 11.5 Å². The van der Waals surface area contributed by atoms with Gasteiger partial charge in [-0.2, -0.15) is 0 Å². The van der Waals surface area contributed by atoms with Crippen molar-refractivity contribution in [3.8, 4) is 0 Å². The molecule has 19 heavy (non-hydrogen) atoms. The molecule has 3 aliphatic rings. The fourth-order valence-electron chi connectivity index (χ4n) is 3.13. The van der Waals surface area contributed by atoms with E-state index in [1.165, 1.54) is 0 Å². The number of Topliss-reactive ketones (excluding diaryl/α,β-unsaturated/α-hetero) is 2. The highest BCUT2D eigenvalue weighted by molar-refractivity contribution is 6.26. The first-order chi connectivity index (χ1) is 9.25. The molecule has 0 amide bonds. The fraction of sp³-hybridized carbons (Fsp3) is 0.250. The first-order valence-electron chi connectivity index (χ1n) is 6.50. The van der Waals surface area contributed by atoms with Gasteiger partial charge in [-0.05, 0) is 18.9 Å². The van der Waals surface area contributed by atoms with Crippen LogP contribution in [-0.4, -0.2) is 17.7 Å². The molecular weight excluding hydrogens is 240 g/mol. The molecule has 2 aliphatic carbocycles. The lowest BCUT2D eigenvalue weighted by Gasteiger charge is -2.32. The van der Waals surface area contributed by atoms with Crippen molar-refractivity contribution in [3.63, 3.8) is 0 Å². The van der Waals surface area contributed by atoms with Gasteiger partial charge >= 0.3 is 0 Å². The Labute approximate surface area is 110 Å². The van der Waals surface area contributed by atoms with Gasteiger partial charge in [0.25, 0.3) is 0 Å². The number of carbonyl (C=O) groups is 2. The van der Waals surface area contributed by atoms with Crippen LogP contribution in [0, 0.1) is 5.92 Å². The zero-order valence-corrected chi connectivity index (χ0v) is 10.3. The Morgan fingerprint density at radius 2 is 1.79 bits per heavy atom. The quantitative estimate of drug-likeness (QED) is 0.667. The normalized spacial score (nSPS) is 27.8. The number of allylic oxidation sites excluding steroid dienone is 3. The van der Waals surface area contributed by atoms with Gasteiger partial charge in [-0.25, -0.2) is 0 Å². The molecule has 0 unspecified atom stereocenters. The van der Waals surface area contributed by atoms with Crippen LogP contribution in [0.25, 0.3) is 0 Å². The van der Waals surface area contributed by atoms with E-state index in [1.807, 2.05) is 6.08 Å². The van der Waals surface area contributed by atoms with E-state index in [0.29, 0.717) is 29.0 Å². The summed E-state index contributed by atoms with van der Waals surface area (Å²) in [6.07, 6.45) is 5.58. The van der Waals surface area contributed by atoms with Gasteiger partial charge in [0.2, 0.25) is 5.78 Å². The van der Waals surface area contributed by atoms with Crippen LogP contribution in [0.4, 0.5) is 0 Å². The molecule has 0 radical (unpaired) electrons. The zero-order chi connectivity index (χ0) is 13.0. The molecule has 1 heterocycles. The van der Waals surface area contributed by atoms with Crippen molar-refractivity contribution in [2.75, 3.05) is 0 Å². The summed E-state index contributed by atoms with van der Waals surface area (Å²) in [6.45, 7) is 0. The SMILES string of the molecule is O=C1C2=C(O[C@@H]3C=CC[C@@H]3C2)C(=O)c2ccccc21. The molecule has 1 aliphatic heterocycles. The molecule has 4 rings (SSSR count). The maximum Gasteiger partial charge on any atom is 0.228 e. The van der Waals surface area contributed by atoms with Gasteiger partial charge in [0.1, 0.15) is 6.10 Å². The van der Waals surface area contributed by atoms with E-state index >= 15 is 0 Å². The summed E-state index contributed by atoms with van der Waals surface area (Å²) in [5.41, 5.74) is 1.54. The van der Waals surface area contributed by atoms with Crippen LogP contribution in [0.5, 0.6) is 0 Å². The van der Waals surface area contributed by atoms with Gasteiger partial charge in [0.05, 0.1) is 0 Å². The van der Waals surface area contributed by atoms with Crippen LogP contribution in [0.2, 0.25) is 0 Å². The number of ether oxygens (including phenoxy) is 1. The lowest BCUT2D eigenvalue weighted by Crippen LogP contribution is -2.33. The van der Waals surface area contributed by atoms with Crippen molar-refractivity contribution in [3.05, 3.63) is 58.9 Å². The predicted molar refractivity (Wildman–Crippen MR) is 68.9 cm³/mol. The molecule has 0 saturated carbocycles. The number of rotatable bonds is 0. The van der Waals surface area contributed by atoms with Gasteiger partial charge in [-0.1, -0.05) is 30.3 Å². The van der Waals surface area contributed by atoms with Crippen molar-refractivity contribution >= 4 is 11.6 Å². The molecule has 1 aromatic carbocycles. The predicted octanol–water partition coefficient (Wildman–Crippen LogP) is 2.68. The molecule has 0 bridgehead atoms. The van der Waals surface area contributed by atoms with Crippen LogP contribution < -0.4 is 0 Å². The number of fused-ring (bicyclic) bond motifs is 2. The summed E-state index contributed by atoms with van der Waals surface area (Å²) in [7, 11) is 0. The summed E-state index contributed by atoms with van der Waals surface area (Å²) in [5.74, 6) is 0.386. The monoisotopic (exact) mass is 252 g/mol. The molecular formula is C16H12O3. The summed E-state index contributed by atoms with van der Waals surface area (Å²) >= 11 is 0. The zero-order valence-electron chi connectivity index (χ0n) is 10.3. The minimum atomic E-state index is -0.149. The van der Waals surface area contributed by atoms with E-state index in [-0.39, 0.29) is 23.4 Å². The van der Waals surface area contributed by atoms with Crippen LogP contribution in [0.1, 0.15) is 33.6 Å². The van der Waals surface area contributed by atoms with Crippen molar-refractivity contribution < 1.29 is 14.3 Å². The minimum absolute atomic E-state index is 0.0410. The van der Waals surface area contributed by atoms with E-state index < -0.39 is 0 Å².